The number of amides is 2. The zero-order valence-electron chi connectivity index (χ0n) is 13.9. The van der Waals surface area contributed by atoms with Crippen molar-refractivity contribution in [3.63, 3.8) is 0 Å². The van der Waals surface area contributed by atoms with Crippen molar-refractivity contribution in [3.8, 4) is 0 Å². The fraction of sp³-hybridized carbons (Fsp3) is 0.867. The Labute approximate surface area is 127 Å². The summed E-state index contributed by atoms with van der Waals surface area (Å²) in [6.07, 6.45) is 1.45. The summed E-state index contributed by atoms with van der Waals surface area (Å²) in [6, 6.07) is -0.498. The van der Waals surface area contributed by atoms with Crippen molar-refractivity contribution in [2.75, 3.05) is 19.6 Å². The van der Waals surface area contributed by atoms with Gasteiger partial charge in [-0.1, -0.05) is 0 Å². The molecule has 0 radical (unpaired) electrons. The maximum absolute atomic E-state index is 12.3. The van der Waals surface area contributed by atoms with Crippen LogP contribution in [0.1, 0.15) is 47.5 Å². The molecule has 2 N–H and O–H groups in total. The van der Waals surface area contributed by atoms with Gasteiger partial charge in [-0.3, -0.25) is 4.79 Å². The van der Waals surface area contributed by atoms with E-state index in [2.05, 4.69) is 0 Å². The Balaban J connectivity index is 2.72. The summed E-state index contributed by atoms with van der Waals surface area (Å²) in [4.78, 5) is 27.8. The van der Waals surface area contributed by atoms with E-state index < -0.39 is 11.6 Å². The van der Waals surface area contributed by atoms with Gasteiger partial charge >= 0.3 is 6.09 Å². The molecule has 0 bridgehead atoms. The van der Waals surface area contributed by atoms with Crippen molar-refractivity contribution in [2.24, 2.45) is 5.73 Å². The molecule has 2 unspecified atom stereocenters. The van der Waals surface area contributed by atoms with Crippen LogP contribution in [0.25, 0.3) is 0 Å². The molecule has 0 saturated carbocycles. The first-order valence-electron chi connectivity index (χ1n) is 7.69. The summed E-state index contributed by atoms with van der Waals surface area (Å²) in [5, 5.41) is 0. The topological polar surface area (TPSA) is 75.9 Å². The van der Waals surface area contributed by atoms with Gasteiger partial charge in [0.15, 0.2) is 0 Å². The number of ether oxygens (including phenoxy) is 1. The van der Waals surface area contributed by atoms with Gasteiger partial charge in [0.1, 0.15) is 5.60 Å². The smallest absolute Gasteiger partial charge is 0.410 e. The molecular weight excluding hydrogens is 270 g/mol. The van der Waals surface area contributed by atoms with E-state index in [0.717, 1.165) is 12.8 Å². The summed E-state index contributed by atoms with van der Waals surface area (Å²) < 4.78 is 5.45. The minimum atomic E-state index is -0.513. The van der Waals surface area contributed by atoms with E-state index >= 15 is 0 Å². The molecule has 21 heavy (non-hydrogen) atoms. The van der Waals surface area contributed by atoms with Crippen LogP contribution in [0.3, 0.4) is 0 Å². The van der Waals surface area contributed by atoms with Gasteiger partial charge in [0.25, 0.3) is 0 Å². The fourth-order valence-electron chi connectivity index (χ4n) is 2.55. The number of likely N-dealkylation sites (tertiary alicyclic amines) is 1. The number of nitrogens with zero attached hydrogens (tertiary/aromatic N) is 2. The van der Waals surface area contributed by atoms with Gasteiger partial charge < -0.3 is 20.3 Å². The summed E-state index contributed by atoms with van der Waals surface area (Å²) in [5.74, 6) is -0.0556. The molecule has 0 aromatic carbocycles. The summed E-state index contributed by atoms with van der Waals surface area (Å²) in [6.45, 7) is 11.0. The molecule has 1 aliphatic heterocycles. The highest BCUT2D eigenvalue weighted by atomic mass is 16.6. The van der Waals surface area contributed by atoms with Gasteiger partial charge in [-0.25, -0.2) is 4.79 Å². The SMILES string of the molecule is CCN(C(=O)OC(C)(C)C)C1CCCN(C(=O)C(C)N)C1. The Hall–Kier alpha value is -1.30. The minimum absolute atomic E-state index is 0.00120. The molecule has 0 aliphatic carbocycles. The van der Waals surface area contributed by atoms with Crippen molar-refractivity contribution in [1.29, 1.82) is 0 Å². The van der Waals surface area contributed by atoms with E-state index in [0.29, 0.717) is 19.6 Å². The van der Waals surface area contributed by atoms with E-state index in [9.17, 15) is 9.59 Å². The molecule has 1 fully saturated rings. The molecule has 6 heteroatoms. The third-order valence-electron chi connectivity index (χ3n) is 3.51. The quantitative estimate of drug-likeness (QED) is 0.858. The lowest BCUT2D eigenvalue weighted by atomic mass is 10.0. The zero-order valence-corrected chi connectivity index (χ0v) is 13.9. The average Bonchev–Trinajstić information content (AvgIpc) is 2.36. The van der Waals surface area contributed by atoms with Gasteiger partial charge in [0.2, 0.25) is 5.91 Å². The van der Waals surface area contributed by atoms with Crippen LogP contribution in [0.4, 0.5) is 4.79 Å². The molecule has 0 aromatic heterocycles. The zero-order chi connectivity index (χ0) is 16.2. The van der Waals surface area contributed by atoms with Crippen LogP contribution in [0, 0.1) is 0 Å². The molecule has 1 heterocycles. The third kappa shape index (κ3) is 5.19. The highest BCUT2D eigenvalue weighted by Crippen LogP contribution is 2.19. The highest BCUT2D eigenvalue weighted by Gasteiger charge is 2.32. The molecule has 2 atom stereocenters. The molecule has 0 aromatic rings. The second-order valence-corrected chi connectivity index (χ2v) is 6.64. The maximum Gasteiger partial charge on any atom is 0.410 e. The van der Waals surface area contributed by atoms with Crippen LogP contribution in [0.15, 0.2) is 0 Å². The van der Waals surface area contributed by atoms with Crippen LogP contribution in [0.5, 0.6) is 0 Å². The van der Waals surface area contributed by atoms with E-state index in [-0.39, 0.29) is 18.0 Å². The maximum atomic E-state index is 12.3. The van der Waals surface area contributed by atoms with Gasteiger partial charge in [0, 0.05) is 19.6 Å². The van der Waals surface area contributed by atoms with Crippen LogP contribution >= 0.6 is 0 Å². The number of rotatable bonds is 3. The Kier molecular flexibility index (Phi) is 6.01. The van der Waals surface area contributed by atoms with Gasteiger partial charge in [-0.15, -0.1) is 0 Å². The third-order valence-corrected chi connectivity index (χ3v) is 3.51. The van der Waals surface area contributed by atoms with Crippen molar-refractivity contribution >= 4 is 12.0 Å². The van der Waals surface area contributed by atoms with Crippen molar-refractivity contribution in [1.82, 2.24) is 9.80 Å². The molecular formula is C15H29N3O3. The molecule has 6 nitrogen and oxygen atoms in total. The normalized spacial score (nSPS) is 20.9. The molecule has 1 rings (SSSR count). The predicted molar refractivity (Wildman–Crippen MR) is 81.9 cm³/mol. The Morgan fingerprint density at radius 3 is 2.52 bits per heavy atom. The summed E-state index contributed by atoms with van der Waals surface area (Å²) >= 11 is 0. The van der Waals surface area contributed by atoms with E-state index in [4.69, 9.17) is 10.5 Å². The first kappa shape index (κ1) is 17.8. The predicted octanol–water partition coefficient (Wildman–Crippen LogP) is 1.58. The number of carbonyl (C=O) groups excluding carboxylic acids is 2. The standard InChI is InChI=1S/C15H29N3O3/c1-6-18(14(20)21-15(3,4)5)12-8-7-9-17(10-12)13(19)11(2)16/h11-12H,6-10,16H2,1-5H3. The number of likely N-dealkylation sites (N-methyl/N-ethyl adjacent to an activating group) is 1. The van der Waals surface area contributed by atoms with Gasteiger partial charge in [-0.05, 0) is 47.5 Å². The molecule has 0 spiro atoms. The van der Waals surface area contributed by atoms with E-state index in [1.165, 1.54) is 0 Å². The summed E-state index contributed by atoms with van der Waals surface area (Å²) in [7, 11) is 0. The van der Waals surface area contributed by atoms with Crippen LogP contribution < -0.4 is 5.73 Å². The molecule has 1 saturated heterocycles. The Morgan fingerprint density at radius 2 is 2.05 bits per heavy atom. The monoisotopic (exact) mass is 299 g/mol. The Bertz CT molecular complexity index is 377. The lowest BCUT2D eigenvalue weighted by molar-refractivity contribution is -0.134. The van der Waals surface area contributed by atoms with Crippen LogP contribution in [-0.4, -0.2) is 59.1 Å². The number of hydrogen-bond donors (Lipinski definition) is 1. The fourth-order valence-corrected chi connectivity index (χ4v) is 2.55. The second kappa shape index (κ2) is 7.11. The second-order valence-electron chi connectivity index (χ2n) is 6.64. The number of hydrogen-bond acceptors (Lipinski definition) is 4. The lowest BCUT2D eigenvalue weighted by Gasteiger charge is -2.39. The van der Waals surface area contributed by atoms with Crippen LogP contribution in [0.2, 0.25) is 0 Å². The Morgan fingerprint density at radius 1 is 1.43 bits per heavy atom. The van der Waals surface area contributed by atoms with Gasteiger partial charge in [0.05, 0.1) is 12.1 Å². The lowest BCUT2D eigenvalue weighted by Crippen LogP contribution is -2.54. The molecule has 1 aliphatic rings. The average molecular weight is 299 g/mol. The van der Waals surface area contributed by atoms with Crippen molar-refractivity contribution in [3.05, 3.63) is 0 Å². The minimum Gasteiger partial charge on any atom is -0.444 e. The molecule has 2 amide bonds. The number of piperidine rings is 1. The van der Waals surface area contributed by atoms with Crippen molar-refractivity contribution < 1.29 is 14.3 Å². The largest absolute Gasteiger partial charge is 0.444 e. The van der Waals surface area contributed by atoms with Gasteiger partial charge in [-0.2, -0.15) is 0 Å². The highest BCUT2D eigenvalue weighted by molar-refractivity contribution is 5.81. The van der Waals surface area contributed by atoms with Crippen molar-refractivity contribution in [2.45, 2.75) is 65.1 Å². The molecule has 122 valence electrons. The van der Waals surface area contributed by atoms with E-state index in [1.807, 2.05) is 27.7 Å². The number of carbonyl (C=O) groups is 2. The summed E-state index contributed by atoms with van der Waals surface area (Å²) in [5.41, 5.74) is 5.15. The number of nitrogens with two attached hydrogens (primary N) is 1. The first-order valence-corrected chi connectivity index (χ1v) is 7.69. The van der Waals surface area contributed by atoms with Crippen LogP contribution in [-0.2, 0) is 9.53 Å². The first-order chi connectivity index (χ1) is 9.65. The van der Waals surface area contributed by atoms with E-state index in [1.54, 1.807) is 16.7 Å².